The minimum atomic E-state index is -0.966. The smallest absolute Gasteiger partial charge is 0.339 e. The molecule has 3 rings (SSSR count). The van der Waals surface area contributed by atoms with Crippen LogP contribution in [0.3, 0.4) is 0 Å². The molecule has 2 aromatic rings. The first kappa shape index (κ1) is 21.4. The molecule has 7 nitrogen and oxygen atoms in total. The average molecular weight is 410 g/mol. The number of carbonyl (C=O) groups is 3. The molecule has 0 aromatic heterocycles. The SMILES string of the molecule is Cc1c(C)c(C)c(C(=O)OCC(=O)N2CC(C(N)=O)Oc3ccccc32)c(C)c1C. The van der Waals surface area contributed by atoms with Crippen LogP contribution >= 0.6 is 0 Å². The van der Waals surface area contributed by atoms with Gasteiger partial charge in [0.25, 0.3) is 11.8 Å². The van der Waals surface area contributed by atoms with Gasteiger partial charge in [0.1, 0.15) is 5.75 Å². The van der Waals surface area contributed by atoms with Gasteiger partial charge in [-0.2, -0.15) is 0 Å². The normalized spacial score (nSPS) is 15.2. The van der Waals surface area contributed by atoms with Crippen LogP contribution in [0.5, 0.6) is 5.75 Å². The van der Waals surface area contributed by atoms with E-state index in [0.29, 0.717) is 17.0 Å². The Morgan fingerprint density at radius 3 is 2.17 bits per heavy atom. The van der Waals surface area contributed by atoms with Crippen LogP contribution in [0.2, 0.25) is 0 Å². The second kappa shape index (κ2) is 8.18. The maximum atomic E-state index is 12.9. The van der Waals surface area contributed by atoms with Crippen molar-refractivity contribution in [2.75, 3.05) is 18.1 Å². The summed E-state index contributed by atoms with van der Waals surface area (Å²) in [5.74, 6) is -1.29. The minimum Gasteiger partial charge on any atom is -0.477 e. The van der Waals surface area contributed by atoms with E-state index in [9.17, 15) is 14.4 Å². The Morgan fingerprint density at radius 2 is 1.57 bits per heavy atom. The van der Waals surface area contributed by atoms with Crippen LogP contribution in [0, 0.1) is 34.6 Å². The van der Waals surface area contributed by atoms with Crippen LogP contribution in [0.1, 0.15) is 38.2 Å². The van der Waals surface area contributed by atoms with Crippen molar-refractivity contribution in [3.8, 4) is 5.75 Å². The predicted octanol–water partition coefficient (Wildman–Crippen LogP) is 2.67. The summed E-state index contributed by atoms with van der Waals surface area (Å²) in [7, 11) is 0. The van der Waals surface area contributed by atoms with Gasteiger partial charge in [-0.15, -0.1) is 0 Å². The number of primary amides is 1. The molecule has 0 fully saturated rings. The summed E-state index contributed by atoms with van der Waals surface area (Å²) in [6, 6.07) is 6.84. The monoisotopic (exact) mass is 410 g/mol. The van der Waals surface area contributed by atoms with E-state index in [1.807, 2.05) is 34.6 Å². The van der Waals surface area contributed by atoms with E-state index < -0.39 is 30.5 Å². The molecule has 0 spiro atoms. The highest BCUT2D eigenvalue weighted by atomic mass is 16.5. The van der Waals surface area contributed by atoms with Crippen molar-refractivity contribution < 1.29 is 23.9 Å². The molecule has 1 unspecified atom stereocenters. The molecule has 0 radical (unpaired) electrons. The van der Waals surface area contributed by atoms with E-state index in [4.69, 9.17) is 15.2 Å². The average Bonchev–Trinajstić information content (AvgIpc) is 2.73. The summed E-state index contributed by atoms with van der Waals surface area (Å²) in [5.41, 5.74) is 11.3. The molecule has 2 N–H and O–H groups in total. The first-order valence-electron chi connectivity index (χ1n) is 9.72. The number of hydrogen-bond acceptors (Lipinski definition) is 5. The number of para-hydroxylation sites is 2. The summed E-state index contributed by atoms with van der Waals surface area (Å²) in [4.78, 5) is 38.7. The highest BCUT2D eigenvalue weighted by Gasteiger charge is 2.33. The molecule has 2 amide bonds. The van der Waals surface area contributed by atoms with E-state index in [-0.39, 0.29) is 6.54 Å². The van der Waals surface area contributed by atoms with Crippen molar-refractivity contribution in [1.82, 2.24) is 0 Å². The predicted molar refractivity (Wildman–Crippen MR) is 113 cm³/mol. The Hall–Kier alpha value is -3.35. The van der Waals surface area contributed by atoms with E-state index in [0.717, 1.165) is 27.8 Å². The number of amides is 2. The topological polar surface area (TPSA) is 98.9 Å². The molecule has 1 aliphatic rings. The lowest BCUT2D eigenvalue weighted by Crippen LogP contribution is -2.50. The maximum Gasteiger partial charge on any atom is 0.339 e. The fourth-order valence-corrected chi connectivity index (χ4v) is 3.70. The van der Waals surface area contributed by atoms with Crippen LogP contribution in [-0.4, -0.2) is 37.0 Å². The summed E-state index contributed by atoms with van der Waals surface area (Å²) in [5, 5.41) is 0. The first-order valence-corrected chi connectivity index (χ1v) is 9.72. The quantitative estimate of drug-likeness (QED) is 0.782. The molecule has 0 aliphatic carbocycles. The number of benzene rings is 2. The van der Waals surface area contributed by atoms with Gasteiger partial charge in [0.15, 0.2) is 12.7 Å². The molecule has 1 aliphatic heterocycles. The number of ether oxygens (including phenoxy) is 2. The Morgan fingerprint density at radius 1 is 1.00 bits per heavy atom. The number of anilines is 1. The number of esters is 1. The van der Waals surface area contributed by atoms with Crippen LogP contribution in [0.4, 0.5) is 5.69 Å². The van der Waals surface area contributed by atoms with Gasteiger partial charge in [-0.25, -0.2) is 4.79 Å². The highest BCUT2D eigenvalue weighted by molar-refractivity contribution is 6.00. The van der Waals surface area contributed by atoms with Crippen molar-refractivity contribution in [2.24, 2.45) is 5.73 Å². The summed E-state index contributed by atoms with van der Waals surface area (Å²) >= 11 is 0. The second-order valence-electron chi connectivity index (χ2n) is 7.56. The number of hydrogen-bond donors (Lipinski definition) is 1. The molecule has 0 saturated heterocycles. The number of fused-ring (bicyclic) bond motifs is 1. The molecule has 2 aromatic carbocycles. The Labute approximate surface area is 175 Å². The third-order valence-electron chi connectivity index (χ3n) is 5.92. The molecular formula is C23H26N2O5. The van der Waals surface area contributed by atoms with E-state index in [2.05, 4.69) is 0 Å². The number of nitrogens with zero attached hydrogens (tertiary/aromatic N) is 1. The zero-order chi connectivity index (χ0) is 22.2. The van der Waals surface area contributed by atoms with Gasteiger partial charge < -0.3 is 20.1 Å². The summed E-state index contributed by atoms with van der Waals surface area (Å²) < 4.78 is 10.9. The van der Waals surface area contributed by atoms with Crippen molar-refractivity contribution in [2.45, 2.75) is 40.7 Å². The first-order chi connectivity index (χ1) is 14.1. The molecule has 1 atom stereocenters. The van der Waals surface area contributed by atoms with E-state index in [1.54, 1.807) is 24.3 Å². The lowest BCUT2D eigenvalue weighted by atomic mass is 9.90. The van der Waals surface area contributed by atoms with Gasteiger partial charge in [0.2, 0.25) is 0 Å². The van der Waals surface area contributed by atoms with Gasteiger partial charge in [-0.3, -0.25) is 9.59 Å². The molecule has 7 heteroatoms. The molecule has 0 saturated carbocycles. The van der Waals surface area contributed by atoms with Crippen LogP contribution in [0.25, 0.3) is 0 Å². The summed E-state index contributed by atoms with van der Waals surface area (Å²) in [6.45, 7) is 9.22. The molecule has 158 valence electrons. The largest absolute Gasteiger partial charge is 0.477 e. The van der Waals surface area contributed by atoms with Crippen LogP contribution in [-0.2, 0) is 14.3 Å². The lowest BCUT2D eigenvalue weighted by molar-refractivity contribution is -0.126. The molecule has 0 bridgehead atoms. The van der Waals surface area contributed by atoms with Crippen molar-refractivity contribution in [1.29, 1.82) is 0 Å². The van der Waals surface area contributed by atoms with E-state index >= 15 is 0 Å². The molecule has 1 heterocycles. The third-order valence-corrected chi connectivity index (χ3v) is 5.92. The van der Waals surface area contributed by atoms with E-state index in [1.165, 1.54) is 4.90 Å². The van der Waals surface area contributed by atoms with Gasteiger partial charge in [-0.1, -0.05) is 12.1 Å². The van der Waals surface area contributed by atoms with Gasteiger partial charge in [0, 0.05) is 0 Å². The highest BCUT2D eigenvalue weighted by Crippen LogP contribution is 2.33. The van der Waals surface area contributed by atoms with Crippen LogP contribution < -0.4 is 15.4 Å². The fourth-order valence-electron chi connectivity index (χ4n) is 3.70. The number of carbonyl (C=O) groups excluding carboxylic acids is 3. The number of rotatable bonds is 4. The standard InChI is InChI=1S/C23H26N2O5/c1-12-13(2)15(4)21(16(5)14(12)3)23(28)29-11-20(26)25-10-19(22(24)27)30-18-9-7-6-8-17(18)25/h6-9,19H,10-11H2,1-5H3,(H2,24,27). The van der Waals surface area contributed by atoms with Crippen molar-refractivity contribution in [3.63, 3.8) is 0 Å². The molecule has 30 heavy (non-hydrogen) atoms. The number of nitrogens with two attached hydrogens (primary N) is 1. The summed E-state index contributed by atoms with van der Waals surface area (Å²) in [6.07, 6.45) is -0.966. The van der Waals surface area contributed by atoms with Crippen LogP contribution in [0.15, 0.2) is 24.3 Å². The zero-order valence-electron chi connectivity index (χ0n) is 17.9. The zero-order valence-corrected chi connectivity index (χ0v) is 17.9. The third kappa shape index (κ3) is 3.75. The van der Waals surface area contributed by atoms with Crippen molar-refractivity contribution in [3.05, 3.63) is 57.6 Å². The van der Waals surface area contributed by atoms with Gasteiger partial charge in [0.05, 0.1) is 17.8 Å². The minimum absolute atomic E-state index is 0.0382. The maximum absolute atomic E-state index is 12.9. The Bertz CT molecular complexity index is 1020. The molecular weight excluding hydrogens is 384 g/mol. The Balaban J connectivity index is 1.81. The van der Waals surface area contributed by atoms with Gasteiger partial charge in [-0.05, 0) is 74.6 Å². The Kier molecular flexibility index (Phi) is 5.82. The second-order valence-corrected chi connectivity index (χ2v) is 7.56. The fraction of sp³-hybridized carbons (Fsp3) is 0.348. The van der Waals surface area contributed by atoms with Crippen molar-refractivity contribution >= 4 is 23.5 Å². The lowest BCUT2D eigenvalue weighted by Gasteiger charge is -2.33. The van der Waals surface area contributed by atoms with Gasteiger partial charge >= 0.3 is 5.97 Å².